The molecule has 42 heavy (non-hydrogen) atoms. The Morgan fingerprint density at radius 2 is 1.79 bits per heavy atom. The highest BCUT2D eigenvalue weighted by Crippen LogP contribution is 2.35. The van der Waals surface area contributed by atoms with Crippen molar-refractivity contribution in [2.45, 2.75) is 33.1 Å². The summed E-state index contributed by atoms with van der Waals surface area (Å²) in [4.78, 5) is 25.7. The third kappa shape index (κ3) is 6.25. The van der Waals surface area contributed by atoms with Crippen LogP contribution < -0.4 is 11.1 Å². The van der Waals surface area contributed by atoms with Gasteiger partial charge in [0.15, 0.2) is 0 Å². The second-order valence-electron chi connectivity index (χ2n) is 10.5. The molecule has 1 aliphatic rings. The third-order valence-corrected chi connectivity index (χ3v) is 7.52. The maximum absolute atomic E-state index is 14.0. The number of carbonyl (C=O) groups is 1. The molecule has 0 saturated carbocycles. The Bertz CT molecular complexity index is 1690. The van der Waals surface area contributed by atoms with Gasteiger partial charge in [-0.3, -0.25) is 9.69 Å². The molecule has 3 N–H and O–H groups in total. The Morgan fingerprint density at radius 3 is 2.50 bits per heavy atom. The minimum absolute atomic E-state index is 0.0745. The van der Waals surface area contributed by atoms with Gasteiger partial charge in [-0.25, -0.2) is 9.97 Å². The smallest absolute Gasteiger partial charge is 0.383 e. The minimum atomic E-state index is -4.55. The summed E-state index contributed by atoms with van der Waals surface area (Å²) >= 11 is 0. The predicted octanol–water partition coefficient (Wildman–Crippen LogP) is 4.76. The molecule has 0 bridgehead atoms. The number of alkyl halides is 3. The Balaban J connectivity index is 1.38. The van der Waals surface area contributed by atoms with Crippen molar-refractivity contribution in [3.63, 3.8) is 0 Å². The highest BCUT2D eigenvalue weighted by molar-refractivity contribution is 6.04. The number of nitrogens with zero attached hydrogens (tertiary/aromatic N) is 5. The lowest BCUT2D eigenvalue weighted by Gasteiger charge is -2.33. The summed E-state index contributed by atoms with van der Waals surface area (Å²) in [5.74, 6) is 6.04. The first-order chi connectivity index (χ1) is 20.0. The number of aryl methyl sites for hydroxylation is 2. The summed E-state index contributed by atoms with van der Waals surface area (Å²) < 4.78 is 43.9. The molecule has 0 aliphatic carbocycles. The molecule has 0 radical (unpaired) electrons. The Hall–Kier alpha value is -4.40. The van der Waals surface area contributed by atoms with Gasteiger partial charge in [-0.1, -0.05) is 24.0 Å². The van der Waals surface area contributed by atoms with Crippen molar-refractivity contribution in [1.29, 1.82) is 0 Å². The van der Waals surface area contributed by atoms with Crippen LogP contribution in [-0.2, 0) is 19.3 Å². The fourth-order valence-corrected chi connectivity index (χ4v) is 5.02. The Kier molecular flexibility index (Phi) is 8.20. The van der Waals surface area contributed by atoms with Gasteiger partial charge in [-0.2, -0.15) is 13.2 Å². The first kappa shape index (κ1) is 29.1. The first-order valence-electron chi connectivity index (χ1n) is 13.7. The molecule has 0 spiro atoms. The number of aromatic nitrogens is 3. The van der Waals surface area contributed by atoms with E-state index in [1.807, 2.05) is 36.6 Å². The van der Waals surface area contributed by atoms with Gasteiger partial charge in [0.25, 0.3) is 5.91 Å². The number of rotatable bonds is 5. The van der Waals surface area contributed by atoms with Crippen LogP contribution in [-0.4, -0.2) is 63.5 Å². The summed E-state index contributed by atoms with van der Waals surface area (Å²) in [6.07, 6.45) is -1.28. The van der Waals surface area contributed by atoms with Crippen LogP contribution in [0.1, 0.15) is 45.1 Å². The number of carbonyl (C=O) groups excluding carboxylic acids is 1. The van der Waals surface area contributed by atoms with Crippen LogP contribution in [0.15, 0.2) is 48.9 Å². The highest BCUT2D eigenvalue weighted by Gasteiger charge is 2.34. The number of nitrogen functional groups attached to an aromatic ring is 1. The van der Waals surface area contributed by atoms with Gasteiger partial charge >= 0.3 is 6.18 Å². The Labute approximate surface area is 242 Å². The number of benzene rings is 2. The van der Waals surface area contributed by atoms with Crippen LogP contribution in [0.3, 0.4) is 0 Å². The molecule has 0 atom stereocenters. The zero-order valence-electron chi connectivity index (χ0n) is 23.7. The topological polar surface area (TPSA) is 92.3 Å². The minimum Gasteiger partial charge on any atom is -0.383 e. The number of likely N-dealkylation sites (N-methyl/N-ethyl adjacent to an activating group) is 1. The number of hydrogen-bond acceptors (Lipinski definition) is 6. The van der Waals surface area contributed by atoms with E-state index in [1.165, 1.54) is 18.5 Å². The average Bonchev–Trinajstić information content (AvgIpc) is 3.33. The van der Waals surface area contributed by atoms with E-state index in [2.05, 4.69) is 32.0 Å². The molecular formula is C31H32F3N7O. The molecule has 1 amide bonds. The molecule has 1 fully saturated rings. The van der Waals surface area contributed by atoms with E-state index in [9.17, 15) is 18.0 Å². The van der Waals surface area contributed by atoms with Crippen LogP contribution in [0.4, 0.5) is 24.7 Å². The molecule has 11 heteroatoms. The van der Waals surface area contributed by atoms with Crippen LogP contribution >= 0.6 is 0 Å². The fourth-order valence-electron chi connectivity index (χ4n) is 5.02. The van der Waals surface area contributed by atoms with Gasteiger partial charge in [0.05, 0.1) is 16.5 Å². The number of amides is 1. The molecular weight excluding hydrogens is 543 g/mol. The van der Waals surface area contributed by atoms with Crippen LogP contribution in [0.5, 0.6) is 0 Å². The molecule has 3 heterocycles. The van der Waals surface area contributed by atoms with Gasteiger partial charge in [-0.05, 0) is 56.3 Å². The second-order valence-corrected chi connectivity index (χ2v) is 10.5. The van der Waals surface area contributed by atoms with Gasteiger partial charge in [0.2, 0.25) is 0 Å². The number of hydrogen-bond donors (Lipinski definition) is 2. The standard InChI is InChI=1S/C31H32F3N7O/c1-4-41-18-24(27-28(35)36-19-37-29(27)41)8-7-21-15-22(6-5-20(21)2)30(42)38-25-10-9-23(26(16-25)31(32,33)34)17-40-13-11-39(3)12-14-40/h5-6,9-10,15-16,18-19H,4,11-14,17H2,1-3H3,(H,38,42)(H2,35,36,37). The molecule has 8 nitrogen and oxygen atoms in total. The molecule has 218 valence electrons. The second kappa shape index (κ2) is 11.8. The highest BCUT2D eigenvalue weighted by atomic mass is 19.4. The average molecular weight is 576 g/mol. The van der Waals surface area contributed by atoms with Gasteiger partial charge < -0.3 is 20.5 Å². The zero-order valence-corrected chi connectivity index (χ0v) is 23.7. The van der Waals surface area contributed by atoms with E-state index in [-0.39, 0.29) is 23.4 Å². The number of anilines is 2. The van der Waals surface area contributed by atoms with E-state index in [1.54, 1.807) is 18.2 Å². The number of nitrogens with two attached hydrogens (primary N) is 1. The number of fused-ring (bicyclic) bond motifs is 1. The molecule has 4 aromatic rings. The maximum Gasteiger partial charge on any atom is 0.416 e. The van der Waals surface area contributed by atoms with Crippen LogP contribution in [0, 0.1) is 18.8 Å². The molecule has 2 aromatic heterocycles. The van der Waals surface area contributed by atoms with Crippen molar-refractivity contribution in [3.05, 3.63) is 82.3 Å². The van der Waals surface area contributed by atoms with Gasteiger partial charge in [-0.15, -0.1) is 0 Å². The monoisotopic (exact) mass is 575 g/mol. The predicted molar refractivity (Wildman–Crippen MR) is 157 cm³/mol. The van der Waals surface area contributed by atoms with E-state index in [4.69, 9.17) is 5.73 Å². The SMILES string of the molecule is CCn1cc(C#Cc2cc(C(=O)Nc3ccc(CN4CCN(C)CC4)c(C(F)(F)F)c3)ccc2C)c2c(N)ncnc21. The van der Waals surface area contributed by atoms with Crippen molar-refractivity contribution in [2.75, 3.05) is 44.3 Å². The van der Waals surface area contributed by atoms with Crippen molar-refractivity contribution in [2.24, 2.45) is 0 Å². The lowest BCUT2D eigenvalue weighted by atomic mass is 10.0. The normalized spacial score (nSPS) is 14.5. The van der Waals surface area contributed by atoms with Gasteiger partial charge in [0.1, 0.15) is 17.8 Å². The largest absolute Gasteiger partial charge is 0.416 e. The van der Waals surface area contributed by atoms with E-state index >= 15 is 0 Å². The zero-order chi connectivity index (χ0) is 30.0. The van der Waals surface area contributed by atoms with E-state index in [0.29, 0.717) is 47.6 Å². The van der Waals surface area contributed by atoms with Crippen LogP contribution in [0.25, 0.3) is 11.0 Å². The summed E-state index contributed by atoms with van der Waals surface area (Å²) in [6, 6.07) is 8.98. The Morgan fingerprint density at radius 1 is 1.05 bits per heavy atom. The summed E-state index contributed by atoms with van der Waals surface area (Å²) in [5, 5.41) is 3.29. The van der Waals surface area contributed by atoms with Crippen molar-refractivity contribution >= 4 is 28.4 Å². The van der Waals surface area contributed by atoms with Crippen molar-refractivity contribution in [1.82, 2.24) is 24.3 Å². The molecule has 5 rings (SSSR count). The number of nitrogens with one attached hydrogen (secondary N) is 1. The molecule has 1 aliphatic heterocycles. The van der Waals surface area contributed by atoms with E-state index in [0.717, 1.165) is 24.7 Å². The molecule has 1 saturated heterocycles. The fraction of sp³-hybridized carbons (Fsp3) is 0.323. The quantitative estimate of drug-likeness (QED) is 0.334. The third-order valence-electron chi connectivity index (χ3n) is 7.52. The summed E-state index contributed by atoms with van der Waals surface area (Å²) in [6.45, 7) is 7.75. The number of halogens is 3. The number of piperazine rings is 1. The van der Waals surface area contributed by atoms with Gasteiger partial charge in [0, 0.05) is 62.3 Å². The van der Waals surface area contributed by atoms with E-state index < -0.39 is 17.6 Å². The van der Waals surface area contributed by atoms with Crippen molar-refractivity contribution in [3.8, 4) is 11.8 Å². The summed E-state index contributed by atoms with van der Waals surface area (Å²) in [7, 11) is 2.00. The maximum atomic E-state index is 14.0. The summed E-state index contributed by atoms with van der Waals surface area (Å²) in [5.41, 5.74) is 8.69. The lowest BCUT2D eigenvalue weighted by Crippen LogP contribution is -2.44. The van der Waals surface area contributed by atoms with Crippen LogP contribution in [0.2, 0.25) is 0 Å². The molecule has 0 unspecified atom stereocenters. The first-order valence-corrected chi connectivity index (χ1v) is 13.7. The lowest BCUT2D eigenvalue weighted by molar-refractivity contribution is -0.138. The molecule has 2 aromatic carbocycles. The van der Waals surface area contributed by atoms with Crippen molar-refractivity contribution < 1.29 is 18.0 Å².